The van der Waals surface area contributed by atoms with Gasteiger partial charge in [-0.3, -0.25) is 4.90 Å². The number of carbonyl (C=O) groups is 1. The predicted molar refractivity (Wildman–Crippen MR) is 114 cm³/mol. The van der Waals surface area contributed by atoms with Crippen LogP contribution < -0.4 is 5.32 Å². The number of rotatable bonds is 8. The molecule has 0 aliphatic carbocycles. The first-order valence-corrected chi connectivity index (χ1v) is 10.8. The molecular weight excluding hydrogens is 390 g/mol. The Kier molecular flexibility index (Phi) is 7.61. The Morgan fingerprint density at radius 3 is 2.93 bits per heavy atom. The van der Waals surface area contributed by atoms with E-state index in [9.17, 15) is 4.79 Å². The first-order chi connectivity index (χ1) is 14.0. The van der Waals surface area contributed by atoms with Crippen molar-refractivity contribution in [2.75, 3.05) is 39.5 Å². The molecule has 1 aromatic rings. The van der Waals surface area contributed by atoms with Gasteiger partial charge in [0.1, 0.15) is 17.6 Å². The number of fused-ring (bicyclic) bond motifs is 1. The number of halogens is 1. The number of pyridine rings is 1. The number of amides is 1. The van der Waals surface area contributed by atoms with Crippen molar-refractivity contribution in [3.8, 4) is 0 Å². The van der Waals surface area contributed by atoms with Gasteiger partial charge in [0.25, 0.3) is 0 Å². The van der Waals surface area contributed by atoms with Gasteiger partial charge in [0, 0.05) is 45.0 Å². The fourth-order valence-electron chi connectivity index (χ4n) is 3.86. The number of alkyl carbamates (subject to hydrolysis) is 1. The zero-order chi connectivity index (χ0) is 20.8. The van der Waals surface area contributed by atoms with Gasteiger partial charge in [0.2, 0.25) is 0 Å². The Labute approximate surface area is 178 Å². The third kappa shape index (κ3) is 5.76. The first kappa shape index (κ1) is 21.7. The molecule has 1 fully saturated rings. The SMILES string of the molecule is CCCCNC(=O)OCC(C)N1CC(C)=C2N(Cc3ccc(Cl)nc3)CCN2C1. The van der Waals surface area contributed by atoms with E-state index in [0.717, 1.165) is 51.3 Å². The van der Waals surface area contributed by atoms with E-state index in [4.69, 9.17) is 16.3 Å². The lowest BCUT2D eigenvalue weighted by molar-refractivity contribution is 0.0647. The van der Waals surface area contributed by atoms with Gasteiger partial charge in [0.15, 0.2) is 0 Å². The Hall–Kier alpha value is -1.99. The molecule has 1 amide bonds. The molecule has 3 heterocycles. The van der Waals surface area contributed by atoms with Gasteiger partial charge in [-0.2, -0.15) is 0 Å². The van der Waals surface area contributed by atoms with Crippen molar-refractivity contribution in [2.45, 2.75) is 46.2 Å². The quantitative estimate of drug-likeness (QED) is 0.513. The summed E-state index contributed by atoms with van der Waals surface area (Å²) in [7, 11) is 0. The van der Waals surface area contributed by atoms with Crippen LogP contribution in [0.25, 0.3) is 0 Å². The normalized spacial score (nSPS) is 18.1. The molecule has 0 radical (unpaired) electrons. The van der Waals surface area contributed by atoms with Gasteiger partial charge in [-0.05, 0) is 37.5 Å². The van der Waals surface area contributed by atoms with Crippen LogP contribution in [-0.4, -0.2) is 71.3 Å². The maximum absolute atomic E-state index is 11.8. The molecule has 0 aromatic carbocycles. The Morgan fingerprint density at radius 1 is 1.38 bits per heavy atom. The smallest absolute Gasteiger partial charge is 0.407 e. The molecule has 7 nitrogen and oxygen atoms in total. The molecule has 0 bridgehead atoms. The summed E-state index contributed by atoms with van der Waals surface area (Å²) >= 11 is 5.90. The second-order valence-electron chi connectivity index (χ2n) is 7.89. The van der Waals surface area contributed by atoms with Crippen LogP contribution >= 0.6 is 11.6 Å². The van der Waals surface area contributed by atoms with E-state index in [1.807, 2.05) is 18.3 Å². The minimum Gasteiger partial charge on any atom is -0.448 e. The number of carbonyl (C=O) groups excluding carboxylic acids is 1. The lowest BCUT2D eigenvalue weighted by Gasteiger charge is -2.40. The van der Waals surface area contributed by atoms with Gasteiger partial charge in [-0.25, -0.2) is 9.78 Å². The summed E-state index contributed by atoms with van der Waals surface area (Å²) in [5.74, 6) is 1.32. The predicted octanol–water partition coefficient (Wildman–Crippen LogP) is 3.27. The second-order valence-corrected chi connectivity index (χ2v) is 8.28. The van der Waals surface area contributed by atoms with Crippen molar-refractivity contribution in [1.29, 1.82) is 0 Å². The monoisotopic (exact) mass is 421 g/mol. The summed E-state index contributed by atoms with van der Waals surface area (Å²) in [4.78, 5) is 23.2. The van der Waals surface area contributed by atoms with Crippen molar-refractivity contribution in [3.63, 3.8) is 0 Å². The van der Waals surface area contributed by atoms with Crippen LogP contribution in [0.4, 0.5) is 4.79 Å². The average molecular weight is 422 g/mol. The molecule has 0 spiro atoms. The third-order valence-corrected chi connectivity index (χ3v) is 5.68. The fraction of sp³-hybridized carbons (Fsp3) is 0.619. The number of hydrogen-bond acceptors (Lipinski definition) is 6. The molecule has 1 saturated heterocycles. The van der Waals surface area contributed by atoms with Crippen molar-refractivity contribution in [1.82, 2.24) is 25.0 Å². The topological polar surface area (TPSA) is 60.9 Å². The lowest BCUT2D eigenvalue weighted by Crippen LogP contribution is -2.48. The Balaban J connectivity index is 1.53. The Bertz CT molecular complexity index is 724. The van der Waals surface area contributed by atoms with E-state index < -0.39 is 0 Å². The van der Waals surface area contributed by atoms with Crippen LogP contribution in [0.15, 0.2) is 29.7 Å². The van der Waals surface area contributed by atoms with E-state index >= 15 is 0 Å². The lowest BCUT2D eigenvalue weighted by atomic mass is 10.1. The van der Waals surface area contributed by atoms with E-state index in [2.05, 4.69) is 45.8 Å². The van der Waals surface area contributed by atoms with E-state index in [1.54, 1.807) is 0 Å². The van der Waals surface area contributed by atoms with E-state index in [0.29, 0.717) is 18.3 Å². The van der Waals surface area contributed by atoms with Gasteiger partial charge >= 0.3 is 6.09 Å². The van der Waals surface area contributed by atoms with Gasteiger partial charge in [-0.15, -0.1) is 0 Å². The zero-order valence-corrected chi connectivity index (χ0v) is 18.4. The van der Waals surface area contributed by atoms with Crippen molar-refractivity contribution >= 4 is 17.7 Å². The molecule has 1 aromatic heterocycles. The number of nitrogens with one attached hydrogen (secondary N) is 1. The minimum absolute atomic E-state index is 0.165. The number of nitrogens with zero attached hydrogens (tertiary/aromatic N) is 4. The average Bonchev–Trinajstić information content (AvgIpc) is 3.11. The Morgan fingerprint density at radius 2 is 2.21 bits per heavy atom. The van der Waals surface area contributed by atoms with E-state index in [-0.39, 0.29) is 12.1 Å². The first-order valence-electron chi connectivity index (χ1n) is 10.4. The standard InChI is InChI=1S/C21H32ClN5O2/c1-4-5-8-23-21(28)29-14-17(3)27-12-16(2)20-25(9-10-26(20)15-27)13-18-6-7-19(22)24-11-18/h6-7,11,17H,4-5,8-10,12-15H2,1-3H3,(H,23,28). The zero-order valence-electron chi connectivity index (χ0n) is 17.7. The highest BCUT2D eigenvalue weighted by molar-refractivity contribution is 6.29. The third-order valence-electron chi connectivity index (χ3n) is 5.45. The fourth-order valence-corrected chi connectivity index (χ4v) is 3.98. The van der Waals surface area contributed by atoms with Crippen LogP contribution in [0.1, 0.15) is 39.2 Å². The molecule has 1 N–H and O–H groups in total. The van der Waals surface area contributed by atoms with Crippen LogP contribution in [0.2, 0.25) is 5.15 Å². The molecule has 1 atom stereocenters. The van der Waals surface area contributed by atoms with Gasteiger partial charge in [-0.1, -0.05) is 31.0 Å². The number of ether oxygens (including phenoxy) is 1. The molecule has 2 aliphatic rings. The highest BCUT2D eigenvalue weighted by atomic mass is 35.5. The van der Waals surface area contributed by atoms with Crippen LogP contribution in [0, 0.1) is 0 Å². The molecule has 160 valence electrons. The maximum Gasteiger partial charge on any atom is 0.407 e. The summed E-state index contributed by atoms with van der Waals surface area (Å²) in [6.45, 7) is 12.0. The molecule has 3 rings (SSSR count). The van der Waals surface area contributed by atoms with Gasteiger partial charge in [0.05, 0.1) is 6.67 Å². The number of aromatic nitrogens is 1. The molecule has 29 heavy (non-hydrogen) atoms. The van der Waals surface area contributed by atoms with Gasteiger partial charge < -0.3 is 19.9 Å². The highest BCUT2D eigenvalue weighted by Crippen LogP contribution is 2.29. The van der Waals surface area contributed by atoms with Crippen molar-refractivity contribution in [3.05, 3.63) is 40.4 Å². The maximum atomic E-state index is 11.8. The molecule has 1 unspecified atom stereocenters. The summed E-state index contributed by atoms with van der Waals surface area (Å²) in [5.41, 5.74) is 2.50. The minimum atomic E-state index is -0.320. The summed E-state index contributed by atoms with van der Waals surface area (Å²) < 4.78 is 5.41. The largest absolute Gasteiger partial charge is 0.448 e. The summed E-state index contributed by atoms with van der Waals surface area (Å²) in [6.07, 6.45) is 3.56. The summed E-state index contributed by atoms with van der Waals surface area (Å²) in [5, 5.41) is 3.32. The van der Waals surface area contributed by atoms with Crippen LogP contribution in [-0.2, 0) is 11.3 Å². The highest BCUT2D eigenvalue weighted by Gasteiger charge is 2.33. The van der Waals surface area contributed by atoms with Crippen LogP contribution in [0.3, 0.4) is 0 Å². The number of hydrogen-bond donors (Lipinski definition) is 1. The second kappa shape index (κ2) is 10.2. The van der Waals surface area contributed by atoms with E-state index in [1.165, 1.54) is 11.4 Å². The molecule has 0 saturated carbocycles. The van der Waals surface area contributed by atoms with Crippen molar-refractivity contribution < 1.29 is 9.53 Å². The van der Waals surface area contributed by atoms with Crippen molar-refractivity contribution in [2.24, 2.45) is 0 Å². The van der Waals surface area contributed by atoms with Crippen LogP contribution in [0.5, 0.6) is 0 Å². The summed E-state index contributed by atoms with van der Waals surface area (Å²) in [6, 6.07) is 4.04. The number of unbranched alkanes of at least 4 members (excludes halogenated alkanes) is 1. The molecule has 2 aliphatic heterocycles. The molecular formula is C21H32ClN5O2. The molecule has 8 heteroatoms.